The van der Waals surface area contributed by atoms with Gasteiger partial charge in [0.1, 0.15) is 0 Å². The van der Waals surface area contributed by atoms with Gasteiger partial charge in [0.25, 0.3) is 0 Å². The van der Waals surface area contributed by atoms with Crippen LogP contribution in [0.25, 0.3) is 0 Å². The van der Waals surface area contributed by atoms with Gasteiger partial charge < -0.3 is 14.6 Å². The first-order chi connectivity index (χ1) is 8.79. The van der Waals surface area contributed by atoms with Crippen LogP contribution in [0.2, 0.25) is 6.04 Å². The molecule has 0 atom stereocenters. The van der Waals surface area contributed by atoms with Crippen LogP contribution in [0.4, 0.5) is 0 Å². The molecular weight excluding hydrogens is 244 g/mol. The van der Waals surface area contributed by atoms with Gasteiger partial charge in [-0.05, 0) is 52.7 Å². The molecule has 1 aliphatic heterocycles. The molecule has 0 aliphatic carbocycles. The second kappa shape index (κ2) is 9.04. The van der Waals surface area contributed by atoms with Crippen molar-refractivity contribution in [3.8, 4) is 0 Å². The third-order valence-electron chi connectivity index (χ3n) is 3.52. The minimum absolute atomic E-state index is 0.774. The van der Waals surface area contributed by atoms with Gasteiger partial charge in [0.2, 0.25) is 0 Å². The van der Waals surface area contributed by atoms with Crippen LogP contribution in [0.1, 0.15) is 46.0 Å². The first kappa shape index (κ1) is 16.1. The van der Waals surface area contributed by atoms with Crippen molar-refractivity contribution >= 4 is 8.72 Å². The highest BCUT2D eigenvalue weighted by molar-refractivity contribution is 6.65. The third-order valence-corrected chi connectivity index (χ3v) is 7.40. The molecule has 0 bridgehead atoms. The SMILES string of the molecule is CCO[Si]1(OCC)CCCN1CCCCCCN. The Hall–Kier alpha value is 0.0569. The number of rotatable bonds is 10. The number of nitrogens with zero attached hydrogens (tertiary/aromatic N) is 1. The molecule has 0 spiro atoms. The second-order valence-corrected chi connectivity index (χ2v) is 8.01. The standard InChI is InChI=1S/C13H30N2O2Si/c1-3-16-18(17-4-2)13-9-12-15(18)11-8-6-5-7-10-14/h3-14H2,1-2H3. The molecule has 2 N–H and O–H groups in total. The monoisotopic (exact) mass is 274 g/mol. The van der Waals surface area contributed by atoms with Crippen LogP contribution in [0, 0.1) is 0 Å². The van der Waals surface area contributed by atoms with Crippen LogP contribution in [0.5, 0.6) is 0 Å². The Morgan fingerprint density at radius 3 is 2.33 bits per heavy atom. The van der Waals surface area contributed by atoms with Crippen molar-refractivity contribution in [1.29, 1.82) is 0 Å². The lowest BCUT2D eigenvalue weighted by molar-refractivity contribution is 0.135. The molecule has 0 aromatic carbocycles. The van der Waals surface area contributed by atoms with E-state index in [0.29, 0.717) is 0 Å². The molecule has 5 heteroatoms. The van der Waals surface area contributed by atoms with Gasteiger partial charge in [-0.3, -0.25) is 4.57 Å². The second-order valence-electron chi connectivity index (χ2n) is 4.87. The molecule has 1 saturated heterocycles. The van der Waals surface area contributed by atoms with Gasteiger partial charge in [-0.25, -0.2) is 0 Å². The van der Waals surface area contributed by atoms with E-state index in [1.165, 1.54) is 25.7 Å². The zero-order valence-corrected chi connectivity index (χ0v) is 13.1. The maximum atomic E-state index is 6.04. The van der Waals surface area contributed by atoms with E-state index in [-0.39, 0.29) is 0 Å². The van der Waals surface area contributed by atoms with Crippen molar-refractivity contribution in [2.75, 3.05) is 32.8 Å². The fourth-order valence-corrected chi connectivity index (χ4v) is 6.28. The fourth-order valence-electron chi connectivity index (χ4n) is 2.72. The molecule has 1 aliphatic rings. The van der Waals surface area contributed by atoms with Crippen LogP contribution in [0.15, 0.2) is 0 Å². The van der Waals surface area contributed by atoms with E-state index in [1.807, 2.05) is 0 Å². The van der Waals surface area contributed by atoms with Crippen molar-refractivity contribution in [1.82, 2.24) is 4.57 Å². The molecule has 1 fully saturated rings. The third kappa shape index (κ3) is 4.62. The summed E-state index contributed by atoms with van der Waals surface area (Å²) in [4.78, 5) is 0. The summed E-state index contributed by atoms with van der Waals surface area (Å²) in [5.74, 6) is 0. The zero-order valence-electron chi connectivity index (χ0n) is 12.1. The van der Waals surface area contributed by atoms with Crippen molar-refractivity contribution in [3.63, 3.8) is 0 Å². The molecule has 0 radical (unpaired) electrons. The Morgan fingerprint density at radius 2 is 1.72 bits per heavy atom. The molecule has 4 nitrogen and oxygen atoms in total. The first-order valence-corrected chi connectivity index (χ1v) is 9.49. The highest BCUT2D eigenvalue weighted by Crippen LogP contribution is 2.28. The van der Waals surface area contributed by atoms with E-state index < -0.39 is 8.72 Å². The summed E-state index contributed by atoms with van der Waals surface area (Å²) in [6.45, 7) is 8.81. The maximum absolute atomic E-state index is 6.04. The van der Waals surface area contributed by atoms with Crippen LogP contribution < -0.4 is 5.73 Å². The highest BCUT2D eigenvalue weighted by Gasteiger charge is 2.48. The molecule has 0 saturated carbocycles. The fraction of sp³-hybridized carbons (Fsp3) is 1.00. The van der Waals surface area contributed by atoms with Crippen LogP contribution in [-0.2, 0) is 8.85 Å². The van der Waals surface area contributed by atoms with Crippen molar-refractivity contribution < 1.29 is 8.85 Å². The van der Waals surface area contributed by atoms with E-state index in [0.717, 1.165) is 45.3 Å². The largest absolute Gasteiger partial charge is 0.427 e. The molecule has 18 heavy (non-hydrogen) atoms. The average molecular weight is 274 g/mol. The summed E-state index contributed by atoms with van der Waals surface area (Å²) in [6.07, 6.45) is 6.15. The van der Waals surface area contributed by atoms with Gasteiger partial charge >= 0.3 is 8.72 Å². The minimum atomic E-state index is -2.02. The number of unbranched alkanes of at least 4 members (excludes halogenated alkanes) is 3. The lowest BCUT2D eigenvalue weighted by Gasteiger charge is -2.34. The van der Waals surface area contributed by atoms with Crippen molar-refractivity contribution in [3.05, 3.63) is 0 Å². The van der Waals surface area contributed by atoms with Crippen molar-refractivity contribution in [2.45, 2.75) is 52.0 Å². The number of nitrogens with two attached hydrogens (primary N) is 1. The van der Waals surface area contributed by atoms with Gasteiger partial charge in [0, 0.05) is 19.3 Å². The number of hydrogen-bond acceptors (Lipinski definition) is 4. The topological polar surface area (TPSA) is 47.7 Å². The van der Waals surface area contributed by atoms with E-state index in [9.17, 15) is 0 Å². The quantitative estimate of drug-likeness (QED) is 0.490. The summed E-state index contributed by atoms with van der Waals surface area (Å²) in [5, 5.41) is 0. The molecule has 0 aromatic heterocycles. The normalized spacial score (nSPS) is 19.5. The summed E-state index contributed by atoms with van der Waals surface area (Å²) in [6, 6.07) is 1.14. The zero-order chi connectivity index (χ0) is 13.3. The van der Waals surface area contributed by atoms with Crippen LogP contribution >= 0.6 is 0 Å². The van der Waals surface area contributed by atoms with Gasteiger partial charge in [-0.1, -0.05) is 12.8 Å². The minimum Gasteiger partial charge on any atom is -0.383 e. The Kier molecular flexibility index (Phi) is 8.09. The number of hydrogen-bond donors (Lipinski definition) is 1. The average Bonchev–Trinajstić information content (AvgIpc) is 2.73. The van der Waals surface area contributed by atoms with E-state index in [1.54, 1.807) is 0 Å². The van der Waals surface area contributed by atoms with Crippen molar-refractivity contribution in [2.24, 2.45) is 5.73 Å². The summed E-state index contributed by atoms with van der Waals surface area (Å²) >= 11 is 0. The molecule has 1 heterocycles. The van der Waals surface area contributed by atoms with E-state index in [2.05, 4.69) is 18.4 Å². The van der Waals surface area contributed by atoms with Gasteiger partial charge in [0.05, 0.1) is 0 Å². The van der Waals surface area contributed by atoms with Gasteiger partial charge in [-0.2, -0.15) is 0 Å². The molecular formula is C13H30N2O2Si. The molecule has 0 unspecified atom stereocenters. The summed E-state index contributed by atoms with van der Waals surface area (Å²) in [5.41, 5.74) is 5.51. The molecule has 0 aromatic rings. The predicted octanol–water partition coefficient (Wildman–Crippen LogP) is 2.22. The molecule has 0 amide bonds. The summed E-state index contributed by atoms with van der Waals surface area (Å²) < 4.78 is 14.6. The van der Waals surface area contributed by atoms with Gasteiger partial charge in [0.15, 0.2) is 0 Å². The van der Waals surface area contributed by atoms with E-state index in [4.69, 9.17) is 14.6 Å². The Balaban J connectivity index is 2.36. The lowest BCUT2D eigenvalue weighted by Crippen LogP contribution is -2.54. The Bertz CT molecular complexity index is 211. The first-order valence-electron chi connectivity index (χ1n) is 7.52. The van der Waals surface area contributed by atoms with Crippen LogP contribution in [0.3, 0.4) is 0 Å². The smallest absolute Gasteiger partial charge is 0.383 e. The highest BCUT2D eigenvalue weighted by atomic mass is 28.4. The predicted molar refractivity (Wildman–Crippen MR) is 77.5 cm³/mol. The van der Waals surface area contributed by atoms with E-state index >= 15 is 0 Å². The van der Waals surface area contributed by atoms with Gasteiger partial charge in [-0.15, -0.1) is 0 Å². The van der Waals surface area contributed by atoms with Crippen LogP contribution in [-0.4, -0.2) is 46.1 Å². The Labute approximate surface area is 113 Å². The summed E-state index contributed by atoms with van der Waals surface area (Å²) in [7, 11) is -2.02. The molecule has 1 rings (SSSR count). The Morgan fingerprint density at radius 1 is 1.06 bits per heavy atom. The lowest BCUT2D eigenvalue weighted by atomic mass is 10.2. The molecule has 108 valence electrons. The maximum Gasteiger partial charge on any atom is 0.427 e.